The van der Waals surface area contributed by atoms with Crippen LogP contribution in [0.4, 0.5) is 4.39 Å². The smallest absolute Gasteiger partial charge is 0.165 e. The molecule has 98 valence electrons. The Hall–Kier alpha value is -0.840. The Bertz CT molecular complexity index is 372. The normalized spacial score (nSPS) is 12.8. The predicted octanol–water partition coefficient (Wildman–Crippen LogP) is 2.27. The quantitative estimate of drug-likeness (QED) is 0.876. The molecule has 0 spiro atoms. The summed E-state index contributed by atoms with van der Waals surface area (Å²) in [6, 6.07) is 4.18. The first-order valence-corrected chi connectivity index (χ1v) is 5.12. The zero-order valence-electron chi connectivity index (χ0n) is 10.2. The molecule has 0 unspecified atom stereocenters. The first-order chi connectivity index (χ1) is 7.42. The van der Waals surface area contributed by atoms with Crippen LogP contribution >= 0.6 is 12.4 Å². The largest absolute Gasteiger partial charge is 0.494 e. The van der Waals surface area contributed by atoms with Crippen molar-refractivity contribution in [3.63, 3.8) is 0 Å². The van der Waals surface area contributed by atoms with Gasteiger partial charge in [-0.2, -0.15) is 0 Å². The molecule has 1 atom stereocenters. The molecular formula is C12H19ClFNO2. The lowest BCUT2D eigenvalue weighted by Crippen LogP contribution is -2.32. The van der Waals surface area contributed by atoms with Crippen LogP contribution in [0.3, 0.4) is 0 Å². The maximum Gasteiger partial charge on any atom is 0.165 e. The molecule has 0 aliphatic carbocycles. The van der Waals surface area contributed by atoms with E-state index in [2.05, 4.69) is 0 Å². The summed E-state index contributed by atoms with van der Waals surface area (Å²) in [5.41, 5.74) is 6.14. The van der Waals surface area contributed by atoms with Crippen molar-refractivity contribution in [1.29, 1.82) is 0 Å². The molecule has 0 saturated carbocycles. The predicted molar refractivity (Wildman–Crippen MR) is 68.0 cm³/mol. The molecule has 17 heavy (non-hydrogen) atoms. The summed E-state index contributed by atoms with van der Waals surface area (Å²) >= 11 is 0. The third-order valence-corrected chi connectivity index (χ3v) is 2.78. The van der Waals surface area contributed by atoms with Crippen molar-refractivity contribution in [2.45, 2.75) is 19.9 Å². The van der Waals surface area contributed by atoms with Crippen LogP contribution in [0.15, 0.2) is 18.2 Å². The Morgan fingerprint density at radius 3 is 2.47 bits per heavy atom. The van der Waals surface area contributed by atoms with Crippen LogP contribution in [0, 0.1) is 11.2 Å². The number of aliphatic hydroxyl groups is 1. The number of nitrogens with two attached hydrogens (primary N) is 1. The molecule has 0 bridgehead atoms. The average Bonchev–Trinajstić information content (AvgIpc) is 2.27. The second kappa shape index (κ2) is 6.19. The van der Waals surface area contributed by atoms with Gasteiger partial charge in [-0.15, -0.1) is 12.4 Å². The summed E-state index contributed by atoms with van der Waals surface area (Å²) in [6.45, 7) is 3.61. The van der Waals surface area contributed by atoms with Crippen molar-refractivity contribution >= 4 is 12.4 Å². The van der Waals surface area contributed by atoms with E-state index in [4.69, 9.17) is 10.5 Å². The highest BCUT2D eigenvalue weighted by atomic mass is 35.5. The zero-order chi connectivity index (χ0) is 12.3. The zero-order valence-corrected chi connectivity index (χ0v) is 11.1. The summed E-state index contributed by atoms with van der Waals surface area (Å²) in [5.74, 6) is -0.248. The van der Waals surface area contributed by atoms with Crippen molar-refractivity contribution in [2.24, 2.45) is 11.1 Å². The van der Waals surface area contributed by atoms with E-state index in [1.165, 1.54) is 19.2 Å². The van der Waals surface area contributed by atoms with Gasteiger partial charge in [-0.05, 0) is 17.7 Å². The van der Waals surface area contributed by atoms with Gasteiger partial charge in [0.1, 0.15) is 0 Å². The van der Waals surface area contributed by atoms with Crippen LogP contribution in [0.5, 0.6) is 5.75 Å². The molecule has 0 aliphatic rings. The number of aliphatic hydroxyl groups excluding tert-OH is 1. The van der Waals surface area contributed by atoms with E-state index in [-0.39, 0.29) is 24.8 Å². The topological polar surface area (TPSA) is 55.5 Å². The molecular weight excluding hydrogens is 245 g/mol. The highest BCUT2D eigenvalue weighted by molar-refractivity contribution is 5.85. The Labute approximate surface area is 107 Å². The minimum absolute atomic E-state index is 0. The maximum atomic E-state index is 13.5. The van der Waals surface area contributed by atoms with Crippen LogP contribution in [0.25, 0.3) is 0 Å². The Balaban J connectivity index is 0.00000256. The van der Waals surface area contributed by atoms with Gasteiger partial charge in [-0.3, -0.25) is 0 Å². The number of halogens is 2. The van der Waals surface area contributed by atoms with Crippen LogP contribution in [0.2, 0.25) is 0 Å². The summed E-state index contributed by atoms with van der Waals surface area (Å²) in [4.78, 5) is 0. The molecule has 0 aliphatic heterocycles. The fourth-order valence-electron chi connectivity index (χ4n) is 1.43. The monoisotopic (exact) mass is 263 g/mol. The average molecular weight is 264 g/mol. The van der Waals surface area contributed by atoms with Gasteiger partial charge in [-0.1, -0.05) is 19.9 Å². The minimum atomic E-state index is -0.485. The summed E-state index contributed by atoms with van der Waals surface area (Å²) in [6.07, 6.45) is 0. The van der Waals surface area contributed by atoms with Gasteiger partial charge in [0.05, 0.1) is 7.11 Å². The van der Waals surface area contributed by atoms with Gasteiger partial charge < -0.3 is 15.6 Å². The fourth-order valence-corrected chi connectivity index (χ4v) is 1.43. The Kier molecular flexibility index (Phi) is 5.88. The molecule has 0 radical (unpaired) electrons. The van der Waals surface area contributed by atoms with E-state index in [1.807, 2.05) is 13.8 Å². The van der Waals surface area contributed by atoms with Crippen molar-refractivity contribution in [3.05, 3.63) is 29.6 Å². The van der Waals surface area contributed by atoms with Gasteiger partial charge in [0.2, 0.25) is 0 Å². The SMILES string of the molecule is COc1ccc([C@@H](N)C(C)(C)CO)cc1F.Cl. The van der Waals surface area contributed by atoms with Crippen LogP contribution < -0.4 is 10.5 Å². The molecule has 0 fully saturated rings. The number of benzene rings is 1. The van der Waals surface area contributed by atoms with E-state index in [0.717, 1.165) is 0 Å². The van der Waals surface area contributed by atoms with E-state index >= 15 is 0 Å². The lowest BCUT2D eigenvalue weighted by Gasteiger charge is -2.29. The number of ether oxygens (including phenoxy) is 1. The molecule has 0 heterocycles. The highest BCUT2D eigenvalue weighted by Crippen LogP contribution is 2.32. The molecule has 0 amide bonds. The molecule has 0 aromatic heterocycles. The van der Waals surface area contributed by atoms with E-state index in [1.54, 1.807) is 6.07 Å². The number of rotatable bonds is 4. The second-order valence-electron chi connectivity index (χ2n) is 4.52. The van der Waals surface area contributed by atoms with Gasteiger partial charge in [0, 0.05) is 18.1 Å². The van der Waals surface area contributed by atoms with Crippen molar-refractivity contribution < 1.29 is 14.2 Å². The second-order valence-corrected chi connectivity index (χ2v) is 4.52. The van der Waals surface area contributed by atoms with Crippen molar-refractivity contribution in [3.8, 4) is 5.75 Å². The minimum Gasteiger partial charge on any atom is -0.494 e. The Morgan fingerprint density at radius 1 is 1.47 bits per heavy atom. The van der Waals surface area contributed by atoms with E-state index in [0.29, 0.717) is 5.56 Å². The first-order valence-electron chi connectivity index (χ1n) is 5.12. The van der Waals surface area contributed by atoms with Crippen LogP contribution in [0.1, 0.15) is 25.5 Å². The highest BCUT2D eigenvalue weighted by Gasteiger charge is 2.27. The fraction of sp³-hybridized carbons (Fsp3) is 0.500. The van der Waals surface area contributed by atoms with E-state index in [9.17, 15) is 9.50 Å². The van der Waals surface area contributed by atoms with Gasteiger partial charge >= 0.3 is 0 Å². The summed E-state index contributed by atoms with van der Waals surface area (Å²) in [7, 11) is 1.41. The summed E-state index contributed by atoms with van der Waals surface area (Å²) < 4.78 is 18.3. The number of methoxy groups -OCH3 is 1. The molecule has 3 N–H and O–H groups in total. The van der Waals surface area contributed by atoms with Gasteiger partial charge in [0.15, 0.2) is 11.6 Å². The molecule has 3 nitrogen and oxygen atoms in total. The number of hydrogen-bond acceptors (Lipinski definition) is 3. The molecule has 1 aromatic carbocycles. The van der Waals surface area contributed by atoms with Gasteiger partial charge in [-0.25, -0.2) is 4.39 Å². The lowest BCUT2D eigenvalue weighted by atomic mass is 9.82. The lowest BCUT2D eigenvalue weighted by molar-refractivity contribution is 0.132. The first kappa shape index (κ1) is 16.2. The third kappa shape index (κ3) is 3.56. The van der Waals surface area contributed by atoms with Crippen LogP contribution in [-0.4, -0.2) is 18.8 Å². The Morgan fingerprint density at radius 2 is 2.06 bits per heavy atom. The molecule has 0 saturated heterocycles. The van der Waals surface area contributed by atoms with Crippen molar-refractivity contribution in [2.75, 3.05) is 13.7 Å². The third-order valence-electron chi connectivity index (χ3n) is 2.78. The number of hydrogen-bond donors (Lipinski definition) is 2. The summed E-state index contributed by atoms with van der Waals surface area (Å²) in [5, 5.41) is 9.20. The molecule has 5 heteroatoms. The van der Waals surface area contributed by atoms with E-state index < -0.39 is 17.3 Å². The van der Waals surface area contributed by atoms with Crippen molar-refractivity contribution in [1.82, 2.24) is 0 Å². The molecule has 1 aromatic rings. The van der Waals surface area contributed by atoms with Gasteiger partial charge in [0.25, 0.3) is 0 Å². The molecule has 1 rings (SSSR count). The standard InChI is InChI=1S/C12H18FNO2.ClH/c1-12(2,7-15)11(14)8-4-5-10(16-3)9(13)6-8;/h4-6,11,15H,7,14H2,1-3H3;1H/t11-;/m1./s1. The maximum absolute atomic E-state index is 13.5. The van der Waals surface area contributed by atoms with Crippen LogP contribution in [-0.2, 0) is 0 Å².